The number of benzene rings is 1. The van der Waals surface area contributed by atoms with Crippen LogP contribution in [-0.4, -0.2) is 63.8 Å². The molecular formula is C23H28N6O2. The molecule has 2 aliphatic heterocycles. The highest BCUT2D eigenvalue weighted by atomic mass is 16.2. The lowest BCUT2D eigenvalue weighted by molar-refractivity contribution is -0.124. The third-order valence-electron chi connectivity index (χ3n) is 6.30. The summed E-state index contributed by atoms with van der Waals surface area (Å²) < 4.78 is 3.93. The number of amides is 2. The number of hydrogen-bond donors (Lipinski definition) is 1. The molecule has 4 heterocycles. The summed E-state index contributed by atoms with van der Waals surface area (Å²) in [4.78, 5) is 29.1. The fraction of sp³-hybridized carbons (Fsp3) is 0.435. The Hall–Kier alpha value is -3.13. The normalized spacial score (nSPS) is 16.8. The summed E-state index contributed by atoms with van der Waals surface area (Å²) in [7, 11) is 2.02. The van der Waals surface area contributed by atoms with E-state index in [-0.39, 0.29) is 18.4 Å². The van der Waals surface area contributed by atoms with E-state index >= 15 is 0 Å². The molecule has 1 aromatic carbocycles. The zero-order valence-corrected chi connectivity index (χ0v) is 17.9. The van der Waals surface area contributed by atoms with E-state index in [1.54, 1.807) is 4.90 Å². The SMILES string of the molecule is Cn1cc(-c2cc3n(n2)CCC(=O)N3CC(=O)NCCN2CCCC2)c2ccccc21. The Morgan fingerprint density at radius 2 is 1.97 bits per heavy atom. The summed E-state index contributed by atoms with van der Waals surface area (Å²) in [6.45, 7) is 4.25. The van der Waals surface area contributed by atoms with Crippen molar-refractivity contribution in [3.8, 4) is 11.3 Å². The topological polar surface area (TPSA) is 75.4 Å². The van der Waals surface area contributed by atoms with Gasteiger partial charge in [-0.15, -0.1) is 0 Å². The van der Waals surface area contributed by atoms with Crippen LogP contribution in [0, 0.1) is 0 Å². The molecule has 0 aliphatic carbocycles. The van der Waals surface area contributed by atoms with Gasteiger partial charge in [-0.3, -0.25) is 14.5 Å². The lowest BCUT2D eigenvalue weighted by atomic mass is 10.1. The lowest BCUT2D eigenvalue weighted by Gasteiger charge is -2.27. The quantitative estimate of drug-likeness (QED) is 0.662. The molecule has 8 nitrogen and oxygen atoms in total. The first-order valence-corrected chi connectivity index (χ1v) is 11.0. The van der Waals surface area contributed by atoms with Crippen molar-refractivity contribution < 1.29 is 9.59 Å². The fourth-order valence-electron chi connectivity index (χ4n) is 4.66. The van der Waals surface area contributed by atoms with E-state index in [9.17, 15) is 9.59 Å². The Bertz CT molecular complexity index is 1120. The smallest absolute Gasteiger partial charge is 0.240 e. The number of para-hydroxylation sites is 1. The van der Waals surface area contributed by atoms with Gasteiger partial charge in [0.15, 0.2) is 0 Å². The van der Waals surface area contributed by atoms with Crippen LogP contribution in [0.25, 0.3) is 22.2 Å². The van der Waals surface area contributed by atoms with Crippen LogP contribution < -0.4 is 10.2 Å². The highest BCUT2D eigenvalue weighted by Gasteiger charge is 2.28. The minimum atomic E-state index is -0.131. The number of fused-ring (bicyclic) bond motifs is 2. The molecule has 5 rings (SSSR count). The molecule has 162 valence electrons. The van der Waals surface area contributed by atoms with Gasteiger partial charge >= 0.3 is 0 Å². The third kappa shape index (κ3) is 3.83. The molecule has 2 aromatic heterocycles. The van der Waals surface area contributed by atoms with Crippen molar-refractivity contribution >= 4 is 28.5 Å². The molecule has 0 radical (unpaired) electrons. The monoisotopic (exact) mass is 420 g/mol. The molecule has 0 bridgehead atoms. The third-order valence-corrected chi connectivity index (χ3v) is 6.30. The molecule has 0 atom stereocenters. The van der Waals surface area contributed by atoms with Crippen molar-refractivity contribution in [3.05, 3.63) is 36.5 Å². The van der Waals surface area contributed by atoms with Gasteiger partial charge in [0.25, 0.3) is 0 Å². The van der Waals surface area contributed by atoms with Crippen molar-refractivity contribution in [2.24, 2.45) is 7.05 Å². The van der Waals surface area contributed by atoms with Crippen LogP contribution in [0.2, 0.25) is 0 Å². The highest BCUT2D eigenvalue weighted by Crippen LogP contribution is 2.33. The maximum atomic E-state index is 12.6. The number of likely N-dealkylation sites (tertiary alicyclic amines) is 1. The van der Waals surface area contributed by atoms with Gasteiger partial charge in [-0.1, -0.05) is 18.2 Å². The van der Waals surface area contributed by atoms with Gasteiger partial charge in [-0.05, 0) is 32.0 Å². The molecule has 2 aliphatic rings. The lowest BCUT2D eigenvalue weighted by Crippen LogP contribution is -2.45. The van der Waals surface area contributed by atoms with Crippen molar-refractivity contribution in [3.63, 3.8) is 0 Å². The molecule has 3 aromatic rings. The summed E-state index contributed by atoms with van der Waals surface area (Å²) >= 11 is 0. The molecule has 0 saturated carbocycles. The molecular weight excluding hydrogens is 392 g/mol. The number of nitrogens with zero attached hydrogens (tertiary/aromatic N) is 5. The maximum absolute atomic E-state index is 12.6. The van der Waals surface area contributed by atoms with Crippen LogP contribution in [0.1, 0.15) is 19.3 Å². The van der Waals surface area contributed by atoms with Gasteiger partial charge in [0.05, 0.1) is 12.2 Å². The number of rotatable bonds is 6. The van der Waals surface area contributed by atoms with Gasteiger partial charge in [0.1, 0.15) is 12.4 Å². The Morgan fingerprint density at radius 3 is 2.81 bits per heavy atom. The number of carbonyl (C=O) groups excluding carboxylic acids is 2. The number of carbonyl (C=O) groups is 2. The van der Waals surface area contributed by atoms with Gasteiger partial charge in [-0.2, -0.15) is 5.10 Å². The van der Waals surface area contributed by atoms with Gasteiger partial charge in [0.2, 0.25) is 11.8 Å². The Balaban J connectivity index is 1.34. The second-order valence-corrected chi connectivity index (χ2v) is 8.41. The molecule has 1 saturated heterocycles. The van der Waals surface area contributed by atoms with Crippen LogP contribution in [0.3, 0.4) is 0 Å². The number of hydrogen-bond acceptors (Lipinski definition) is 4. The maximum Gasteiger partial charge on any atom is 0.240 e. The van der Waals surface area contributed by atoms with Crippen LogP contribution in [0.15, 0.2) is 36.5 Å². The number of anilines is 1. The first-order chi connectivity index (χ1) is 15.1. The van der Waals surface area contributed by atoms with Crippen molar-refractivity contribution in [2.45, 2.75) is 25.8 Å². The first kappa shape index (κ1) is 19.8. The minimum Gasteiger partial charge on any atom is -0.353 e. The second kappa shape index (κ2) is 8.19. The average Bonchev–Trinajstić information content (AvgIpc) is 3.50. The fourth-order valence-corrected chi connectivity index (χ4v) is 4.66. The van der Waals surface area contributed by atoms with Gasteiger partial charge < -0.3 is 14.8 Å². The average molecular weight is 421 g/mol. The minimum absolute atomic E-state index is 0.0273. The van der Waals surface area contributed by atoms with Crippen LogP contribution in [-0.2, 0) is 23.2 Å². The molecule has 0 unspecified atom stereocenters. The van der Waals surface area contributed by atoms with Gasteiger partial charge in [-0.25, -0.2) is 4.68 Å². The van der Waals surface area contributed by atoms with Crippen LogP contribution in [0.5, 0.6) is 0 Å². The molecule has 1 fully saturated rings. The predicted molar refractivity (Wildman–Crippen MR) is 120 cm³/mol. The zero-order valence-electron chi connectivity index (χ0n) is 17.9. The summed E-state index contributed by atoms with van der Waals surface area (Å²) in [5.41, 5.74) is 2.98. The molecule has 31 heavy (non-hydrogen) atoms. The van der Waals surface area contributed by atoms with E-state index in [1.807, 2.05) is 29.9 Å². The van der Waals surface area contributed by atoms with Crippen LogP contribution >= 0.6 is 0 Å². The zero-order chi connectivity index (χ0) is 21.4. The Morgan fingerprint density at radius 1 is 1.16 bits per heavy atom. The van der Waals surface area contributed by atoms with Gasteiger partial charge in [0, 0.05) is 55.3 Å². The highest BCUT2D eigenvalue weighted by molar-refractivity contribution is 6.00. The van der Waals surface area contributed by atoms with E-state index < -0.39 is 0 Å². The van der Waals surface area contributed by atoms with Crippen molar-refractivity contribution in [1.29, 1.82) is 0 Å². The number of aryl methyl sites for hydroxylation is 2. The van der Waals surface area contributed by atoms with Crippen LogP contribution in [0.4, 0.5) is 5.82 Å². The van der Waals surface area contributed by atoms with E-state index in [4.69, 9.17) is 5.10 Å². The molecule has 2 amide bonds. The van der Waals surface area contributed by atoms with Crippen molar-refractivity contribution in [1.82, 2.24) is 24.6 Å². The summed E-state index contributed by atoms with van der Waals surface area (Å²) in [5, 5.41) is 8.85. The molecule has 0 spiro atoms. The van der Waals surface area contributed by atoms with E-state index in [1.165, 1.54) is 12.8 Å². The Kier molecular flexibility index (Phi) is 5.23. The second-order valence-electron chi connectivity index (χ2n) is 8.41. The largest absolute Gasteiger partial charge is 0.353 e. The van der Waals surface area contributed by atoms with Crippen molar-refractivity contribution in [2.75, 3.05) is 37.6 Å². The summed E-state index contributed by atoms with van der Waals surface area (Å²) in [6, 6.07) is 10.1. The summed E-state index contributed by atoms with van der Waals surface area (Å²) in [5.74, 6) is 0.523. The predicted octanol–water partition coefficient (Wildman–Crippen LogP) is 1.99. The van der Waals surface area contributed by atoms with E-state index in [2.05, 4.69) is 33.1 Å². The molecule has 8 heteroatoms. The Labute approximate surface area is 181 Å². The standard InChI is InChI=1S/C23H28N6O2/c1-26-15-18(17-6-2-3-7-20(17)26)19-14-22-28(23(31)8-12-29(22)25-19)16-21(30)24-9-13-27-10-4-5-11-27/h2-3,6-7,14-15H,4-5,8-13,16H2,1H3,(H,24,30). The summed E-state index contributed by atoms with van der Waals surface area (Å²) in [6.07, 6.45) is 4.89. The number of nitrogens with one attached hydrogen (secondary N) is 1. The van der Waals surface area contributed by atoms with E-state index in [0.717, 1.165) is 41.8 Å². The number of aromatic nitrogens is 3. The molecule has 1 N–H and O–H groups in total. The first-order valence-electron chi connectivity index (χ1n) is 11.0. The van der Waals surface area contributed by atoms with E-state index in [0.29, 0.717) is 25.3 Å².